The maximum atomic E-state index is 10.6. The molecule has 0 aliphatic carbocycles. The average molecular weight is 258 g/mol. The second-order valence-corrected chi connectivity index (χ2v) is 3.73. The second-order valence-electron chi connectivity index (χ2n) is 3.00. The molecule has 0 bridgehead atoms. The predicted molar refractivity (Wildman–Crippen MR) is 60.7 cm³/mol. The van der Waals surface area contributed by atoms with Gasteiger partial charge in [0.15, 0.2) is 5.15 Å². The van der Waals surface area contributed by atoms with Gasteiger partial charge < -0.3 is 4.98 Å². The van der Waals surface area contributed by atoms with Gasteiger partial charge in [-0.15, -0.1) is 0 Å². The normalized spacial score (nSPS) is 10.4. The molecule has 1 N–H and O–H groups in total. The Balaban J connectivity index is 2.48. The number of aromatic amines is 1. The van der Waals surface area contributed by atoms with Gasteiger partial charge in [0.2, 0.25) is 0 Å². The summed E-state index contributed by atoms with van der Waals surface area (Å²) in [7, 11) is 0. The van der Waals surface area contributed by atoms with E-state index in [4.69, 9.17) is 23.2 Å². The first-order valence-corrected chi connectivity index (χ1v) is 4.99. The van der Waals surface area contributed by atoms with Crippen LogP contribution in [0.5, 0.6) is 0 Å². The quantitative estimate of drug-likeness (QED) is 0.663. The Morgan fingerprint density at radius 3 is 2.69 bits per heavy atom. The molecule has 0 saturated carbocycles. The number of H-pyrrole nitrogens is 1. The molecule has 5 nitrogen and oxygen atoms in total. The van der Waals surface area contributed by atoms with Gasteiger partial charge in [0.05, 0.1) is 4.92 Å². The van der Waals surface area contributed by atoms with Gasteiger partial charge in [-0.1, -0.05) is 35.3 Å². The first-order valence-electron chi connectivity index (χ1n) is 4.24. The molecule has 7 heteroatoms. The molecule has 0 saturated heterocycles. The average Bonchev–Trinajstić information content (AvgIpc) is 2.59. The molecule has 0 unspecified atom stereocenters. The van der Waals surface area contributed by atoms with Crippen LogP contribution in [0.4, 0.5) is 5.69 Å². The summed E-state index contributed by atoms with van der Waals surface area (Å²) >= 11 is 11.4. The molecule has 0 aliphatic rings. The maximum absolute atomic E-state index is 10.6. The van der Waals surface area contributed by atoms with Gasteiger partial charge in [-0.3, -0.25) is 10.1 Å². The Labute approximate surface area is 100 Å². The summed E-state index contributed by atoms with van der Waals surface area (Å²) in [6.45, 7) is 0. The van der Waals surface area contributed by atoms with Crippen LogP contribution >= 0.6 is 23.2 Å². The topological polar surface area (TPSA) is 71.8 Å². The summed E-state index contributed by atoms with van der Waals surface area (Å²) in [5, 5.41) is 10.9. The number of nitro groups is 1. The van der Waals surface area contributed by atoms with E-state index < -0.39 is 4.92 Å². The van der Waals surface area contributed by atoms with Crippen molar-refractivity contribution in [1.29, 1.82) is 0 Å². The molecular formula is C9H5Cl2N3O2. The van der Waals surface area contributed by atoms with Crippen LogP contribution in [0.1, 0.15) is 0 Å². The molecule has 1 aromatic carbocycles. The molecule has 1 heterocycles. The van der Waals surface area contributed by atoms with Crippen molar-refractivity contribution in [2.24, 2.45) is 0 Å². The fraction of sp³-hybridized carbons (Fsp3) is 0. The summed E-state index contributed by atoms with van der Waals surface area (Å²) in [6, 6.07) is 6.04. The van der Waals surface area contributed by atoms with Crippen molar-refractivity contribution < 1.29 is 4.92 Å². The highest BCUT2D eigenvalue weighted by atomic mass is 35.5. The van der Waals surface area contributed by atoms with Crippen LogP contribution in [0.2, 0.25) is 10.3 Å². The van der Waals surface area contributed by atoms with E-state index in [0.29, 0.717) is 11.4 Å². The van der Waals surface area contributed by atoms with Crippen LogP contribution in [0.25, 0.3) is 11.4 Å². The maximum Gasteiger partial charge on any atom is 0.270 e. The number of hydrogen-bond acceptors (Lipinski definition) is 3. The van der Waals surface area contributed by atoms with Crippen LogP contribution in [-0.4, -0.2) is 14.9 Å². The minimum atomic E-state index is -0.477. The third kappa shape index (κ3) is 2.00. The molecule has 0 radical (unpaired) electrons. The summed E-state index contributed by atoms with van der Waals surface area (Å²) < 4.78 is 0. The van der Waals surface area contributed by atoms with Crippen molar-refractivity contribution in [2.75, 3.05) is 0 Å². The van der Waals surface area contributed by atoms with Gasteiger partial charge in [0.1, 0.15) is 11.0 Å². The largest absolute Gasteiger partial charge is 0.328 e. The van der Waals surface area contributed by atoms with Crippen molar-refractivity contribution in [3.63, 3.8) is 0 Å². The van der Waals surface area contributed by atoms with E-state index in [1.54, 1.807) is 12.1 Å². The molecule has 2 aromatic rings. The molecular weight excluding hydrogens is 253 g/mol. The van der Waals surface area contributed by atoms with Gasteiger partial charge in [0.25, 0.3) is 5.69 Å². The van der Waals surface area contributed by atoms with Gasteiger partial charge in [-0.25, -0.2) is 4.98 Å². The van der Waals surface area contributed by atoms with Gasteiger partial charge in [-0.05, 0) is 0 Å². The highest BCUT2D eigenvalue weighted by Crippen LogP contribution is 2.26. The molecule has 82 valence electrons. The fourth-order valence-electron chi connectivity index (χ4n) is 1.23. The Kier molecular flexibility index (Phi) is 2.80. The van der Waals surface area contributed by atoms with E-state index in [2.05, 4.69) is 9.97 Å². The van der Waals surface area contributed by atoms with Crippen molar-refractivity contribution in [3.8, 4) is 11.4 Å². The third-order valence-electron chi connectivity index (χ3n) is 1.95. The minimum absolute atomic E-state index is 0.0128. The molecule has 0 spiro atoms. The predicted octanol–water partition coefficient (Wildman–Crippen LogP) is 3.29. The lowest BCUT2D eigenvalue weighted by Gasteiger charge is -1.96. The molecule has 16 heavy (non-hydrogen) atoms. The van der Waals surface area contributed by atoms with Crippen molar-refractivity contribution in [1.82, 2.24) is 9.97 Å². The van der Waals surface area contributed by atoms with E-state index in [1.807, 2.05) is 0 Å². The zero-order chi connectivity index (χ0) is 11.7. The van der Waals surface area contributed by atoms with Crippen LogP contribution in [0, 0.1) is 10.1 Å². The SMILES string of the molecule is O=[N+]([O-])c1cccc(-c2nc(Cl)c(Cl)[nH]2)c1. The summed E-state index contributed by atoms with van der Waals surface area (Å²) in [5.41, 5.74) is 0.546. The van der Waals surface area contributed by atoms with Gasteiger partial charge in [0, 0.05) is 17.7 Å². The number of nitro benzene ring substituents is 1. The zero-order valence-corrected chi connectivity index (χ0v) is 9.29. The van der Waals surface area contributed by atoms with E-state index in [-0.39, 0.29) is 16.0 Å². The van der Waals surface area contributed by atoms with Gasteiger partial charge >= 0.3 is 0 Å². The number of benzene rings is 1. The first-order chi connectivity index (χ1) is 7.58. The number of hydrogen-bond donors (Lipinski definition) is 1. The lowest BCUT2D eigenvalue weighted by Crippen LogP contribution is -1.88. The number of rotatable bonds is 2. The lowest BCUT2D eigenvalue weighted by atomic mass is 10.2. The summed E-state index contributed by atoms with van der Waals surface area (Å²) in [6.07, 6.45) is 0. The van der Waals surface area contributed by atoms with Crippen molar-refractivity contribution in [2.45, 2.75) is 0 Å². The second kappa shape index (κ2) is 4.11. The van der Waals surface area contributed by atoms with E-state index in [1.165, 1.54) is 12.1 Å². The number of nitrogens with one attached hydrogen (secondary N) is 1. The van der Waals surface area contributed by atoms with Crippen LogP contribution in [-0.2, 0) is 0 Å². The number of halogens is 2. The standard InChI is InChI=1S/C9H5Cl2N3O2/c10-7-8(11)13-9(12-7)5-2-1-3-6(4-5)14(15)16/h1-4H,(H,12,13). The van der Waals surface area contributed by atoms with Gasteiger partial charge in [-0.2, -0.15) is 0 Å². The molecule has 0 fully saturated rings. The van der Waals surface area contributed by atoms with Crippen LogP contribution in [0.3, 0.4) is 0 Å². The summed E-state index contributed by atoms with van der Waals surface area (Å²) in [5.74, 6) is 0.402. The van der Waals surface area contributed by atoms with Crippen molar-refractivity contribution >= 4 is 28.9 Å². The van der Waals surface area contributed by atoms with Crippen LogP contribution < -0.4 is 0 Å². The Hall–Kier alpha value is -1.59. The molecule has 0 aliphatic heterocycles. The molecule has 0 atom stereocenters. The molecule has 2 rings (SSSR count). The Morgan fingerprint density at radius 2 is 2.12 bits per heavy atom. The molecule has 0 amide bonds. The van der Waals surface area contributed by atoms with Crippen molar-refractivity contribution in [3.05, 3.63) is 44.7 Å². The highest BCUT2D eigenvalue weighted by Gasteiger charge is 2.11. The van der Waals surface area contributed by atoms with E-state index in [9.17, 15) is 10.1 Å². The number of aromatic nitrogens is 2. The fourth-order valence-corrected chi connectivity index (χ4v) is 1.50. The van der Waals surface area contributed by atoms with Crippen LogP contribution in [0.15, 0.2) is 24.3 Å². The zero-order valence-electron chi connectivity index (χ0n) is 7.78. The lowest BCUT2D eigenvalue weighted by molar-refractivity contribution is -0.384. The first kappa shape index (κ1) is 10.9. The minimum Gasteiger partial charge on any atom is -0.328 e. The number of imidazole rings is 1. The summed E-state index contributed by atoms with van der Waals surface area (Å²) in [4.78, 5) is 16.8. The Bertz CT molecular complexity index is 534. The highest BCUT2D eigenvalue weighted by molar-refractivity contribution is 6.40. The monoisotopic (exact) mass is 257 g/mol. The van der Waals surface area contributed by atoms with E-state index in [0.717, 1.165) is 0 Å². The Morgan fingerprint density at radius 1 is 1.38 bits per heavy atom. The number of nitrogens with zero attached hydrogens (tertiary/aromatic N) is 2. The third-order valence-corrected chi connectivity index (χ3v) is 2.59. The molecule has 1 aromatic heterocycles. The smallest absolute Gasteiger partial charge is 0.270 e. The van der Waals surface area contributed by atoms with E-state index >= 15 is 0 Å². The number of non-ortho nitro benzene ring substituents is 1.